The van der Waals surface area contributed by atoms with Crippen molar-refractivity contribution in [3.05, 3.63) is 131 Å². The van der Waals surface area contributed by atoms with Crippen LogP contribution in [-0.4, -0.2) is 28.3 Å². The van der Waals surface area contributed by atoms with Gasteiger partial charge in [0.2, 0.25) is 5.91 Å². The van der Waals surface area contributed by atoms with Crippen molar-refractivity contribution in [1.29, 1.82) is 0 Å². The predicted molar refractivity (Wildman–Crippen MR) is 139 cm³/mol. The van der Waals surface area contributed by atoms with E-state index in [-0.39, 0.29) is 31.5 Å². The fourth-order valence-electron chi connectivity index (χ4n) is 3.74. The van der Waals surface area contributed by atoms with Crippen molar-refractivity contribution in [2.24, 2.45) is 0 Å². The lowest BCUT2D eigenvalue weighted by Gasteiger charge is -2.31. The number of hydrogen-bond acceptors (Lipinski definition) is 4. The van der Waals surface area contributed by atoms with Gasteiger partial charge in [0.25, 0.3) is 5.91 Å². The molecule has 0 saturated carbocycles. The van der Waals surface area contributed by atoms with Gasteiger partial charge in [-0.1, -0.05) is 78.3 Å². The molecule has 2 amide bonds. The monoisotopic (exact) mass is 499 g/mol. The number of nitrogens with zero attached hydrogens (tertiary/aromatic N) is 2. The molecular weight excluding hydrogens is 474 g/mol. The molecular formula is C29H26ClN3O3. The van der Waals surface area contributed by atoms with Crippen LogP contribution in [0.25, 0.3) is 0 Å². The molecule has 4 aromatic rings. The van der Waals surface area contributed by atoms with Gasteiger partial charge in [-0.05, 0) is 47.5 Å². The molecule has 1 aromatic heterocycles. The first-order chi connectivity index (χ1) is 17.6. The molecule has 0 saturated heterocycles. The first kappa shape index (κ1) is 24.9. The van der Waals surface area contributed by atoms with Gasteiger partial charge in [-0.15, -0.1) is 0 Å². The molecule has 1 heterocycles. The lowest BCUT2D eigenvalue weighted by molar-refractivity contribution is -0.143. The van der Waals surface area contributed by atoms with Gasteiger partial charge in [-0.2, -0.15) is 0 Å². The topological polar surface area (TPSA) is 71.5 Å². The number of benzene rings is 3. The largest absolute Gasteiger partial charge is 0.484 e. The Kier molecular flexibility index (Phi) is 8.67. The number of carbonyl (C=O) groups is 2. The molecule has 1 atom stereocenters. The minimum Gasteiger partial charge on any atom is -0.484 e. The van der Waals surface area contributed by atoms with Crippen LogP contribution in [0.2, 0.25) is 5.02 Å². The average molecular weight is 500 g/mol. The Morgan fingerprint density at radius 3 is 2.19 bits per heavy atom. The summed E-state index contributed by atoms with van der Waals surface area (Å²) in [7, 11) is 0. The summed E-state index contributed by atoms with van der Waals surface area (Å²) in [5.74, 6) is -0.0577. The smallest absolute Gasteiger partial charge is 0.261 e. The van der Waals surface area contributed by atoms with Crippen molar-refractivity contribution in [3.8, 4) is 5.75 Å². The van der Waals surface area contributed by atoms with Crippen LogP contribution in [0.5, 0.6) is 5.75 Å². The third kappa shape index (κ3) is 6.93. The Hall–Kier alpha value is -4.16. The number of amides is 2. The van der Waals surface area contributed by atoms with Crippen LogP contribution in [-0.2, 0) is 22.7 Å². The van der Waals surface area contributed by atoms with Gasteiger partial charge in [0.05, 0.1) is 12.2 Å². The van der Waals surface area contributed by atoms with Crippen molar-refractivity contribution in [2.75, 3.05) is 6.61 Å². The second kappa shape index (κ2) is 12.5. The zero-order valence-corrected chi connectivity index (χ0v) is 20.3. The minimum atomic E-state index is -0.877. The fraction of sp³-hybridized carbons (Fsp3) is 0.138. The average Bonchev–Trinajstić information content (AvgIpc) is 2.93. The number of pyridine rings is 1. The molecule has 1 unspecified atom stereocenters. The van der Waals surface area contributed by atoms with Crippen LogP contribution in [0.4, 0.5) is 0 Å². The molecule has 0 aliphatic carbocycles. The van der Waals surface area contributed by atoms with Crippen LogP contribution in [0.15, 0.2) is 109 Å². The summed E-state index contributed by atoms with van der Waals surface area (Å²) in [4.78, 5) is 33.0. The normalized spacial score (nSPS) is 11.4. The van der Waals surface area contributed by atoms with Gasteiger partial charge in [0, 0.05) is 17.8 Å². The number of halogens is 1. The van der Waals surface area contributed by atoms with Gasteiger partial charge in [-0.25, -0.2) is 0 Å². The molecule has 7 heteroatoms. The first-order valence-electron chi connectivity index (χ1n) is 11.5. The van der Waals surface area contributed by atoms with Gasteiger partial charge in [-0.3, -0.25) is 14.6 Å². The SMILES string of the molecule is O=C(NCc1ccccn1)C(c1ccccc1)N(Cc1ccc(Cl)cc1)C(=O)COc1ccccc1. The van der Waals surface area contributed by atoms with Crippen molar-refractivity contribution in [3.63, 3.8) is 0 Å². The number of carbonyl (C=O) groups excluding carboxylic acids is 2. The van der Waals surface area contributed by atoms with Crippen LogP contribution in [0.1, 0.15) is 22.9 Å². The van der Waals surface area contributed by atoms with E-state index in [2.05, 4.69) is 10.3 Å². The third-order valence-corrected chi connectivity index (χ3v) is 5.79. The Morgan fingerprint density at radius 1 is 0.861 bits per heavy atom. The van der Waals surface area contributed by atoms with E-state index in [1.54, 1.807) is 30.5 Å². The molecule has 0 fully saturated rings. The fourth-order valence-corrected chi connectivity index (χ4v) is 3.87. The Morgan fingerprint density at radius 2 is 1.53 bits per heavy atom. The molecule has 0 aliphatic heterocycles. The number of aromatic nitrogens is 1. The van der Waals surface area contributed by atoms with Gasteiger partial charge >= 0.3 is 0 Å². The maximum Gasteiger partial charge on any atom is 0.261 e. The van der Waals surface area contributed by atoms with E-state index in [1.807, 2.05) is 78.9 Å². The van der Waals surface area contributed by atoms with Crippen LogP contribution in [0.3, 0.4) is 0 Å². The molecule has 6 nitrogen and oxygen atoms in total. The van der Waals surface area contributed by atoms with Crippen LogP contribution >= 0.6 is 11.6 Å². The molecule has 182 valence electrons. The predicted octanol–water partition coefficient (Wildman–Crippen LogP) is 5.20. The second-order valence-electron chi connectivity index (χ2n) is 8.10. The highest BCUT2D eigenvalue weighted by atomic mass is 35.5. The maximum atomic E-state index is 13.6. The van der Waals surface area contributed by atoms with Gasteiger partial charge in [0.15, 0.2) is 6.61 Å². The number of para-hydroxylation sites is 1. The van der Waals surface area contributed by atoms with E-state index in [1.165, 1.54) is 4.90 Å². The molecule has 3 aromatic carbocycles. The molecule has 0 bridgehead atoms. The number of ether oxygens (including phenoxy) is 1. The Bertz CT molecular complexity index is 1250. The molecule has 4 rings (SSSR count). The van der Waals surface area contributed by atoms with Crippen molar-refractivity contribution in [2.45, 2.75) is 19.1 Å². The standard InChI is InChI=1S/C29H26ClN3O3/c30-24-16-14-22(15-17-24)20-33(27(34)21-36-26-12-5-2-6-13-26)28(23-9-3-1-4-10-23)29(35)32-19-25-11-7-8-18-31-25/h1-18,28H,19-21H2,(H,32,35). The summed E-state index contributed by atoms with van der Waals surface area (Å²) < 4.78 is 5.75. The summed E-state index contributed by atoms with van der Waals surface area (Å²) >= 11 is 6.07. The molecule has 0 spiro atoms. The lowest BCUT2D eigenvalue weighted by atomic mass is 10.0. The van der Waals surface area contributed by atoms with E-state index in [4.69, 9.17) is 16.3 Å². The minimum absolute atomic E-state index is 0.199. The first-order valence-corrected chi connectivity index (χ1v) is 11.9. The van der Waals surface area contributed by atoms with Gasteiger partial charge in [0.1, 0.15) is 11.8 Å². The summed E-state index contributed by atoms with van der Waals surface area (Å²) in [6, 6.07) is 30.2. The Balaban J connectivity index is 1.62. The van der Waals surface area contributed by atoms with Gasteiger partial charge < -0.3 is 15.0 Å². The summed E-state index contributed by atoms with van der Waals surface area (Å²) in [6.45, 7) is 0.228. The van der Waals surface area contributed by atoms with E-state index < -0.39 is 6.04 Å². The number of nitrogens with one attached hydrogen (secondary N) is 1. The van der Waals surface area contributed by atoms with Crippen molar-refractivity contribution < 1.29 is 14.3 Å². The lowest BCUT2D eigenvalue weighted by Crippen LogP contribution is -2.45. The highest BCUT2D eigenvalue weighted by Gasteiger charge is 2.31. The molecule has 0 aliphatic rings. The zero-order chi connectivity index (χ0) is 25.2. The quantitative estimate of drug-likeness (QED) is 0.325. The Labute approximate surface area is 215 Å². The summed E-state index contributed by atoms with van der Waals surface area (Å²) in [5, 5.41) is 3.54. The van der Waals surface area contributed by atoms with Crippen molar-refractivity contribution >= 4 is 23.4 Å². The summed E-state index contributed by atoms with van der Waals surface area (Å²) in [6.07, 6.45) is 1.67. The third-order valence-electron chi connectivity index (χ3n) is 5.54. The van der Waals surface area contributed by atoms with Crippen LogP contribution in [0, 0.1) is 0 Å². The molecule has 0 radical (unpaired) electrons. The van der Waals surface area contributed by atoms with E-state index in [9.17, 15) is 9.59 Å². The zero-order valence-electron chi connectivity index (χ0n) is 19.6. The van der Waals surface area contributed by atoms with E-state index in [0.717, 1.165) is 11.3 Å². The molecule has 36 heavy (non-hydrogen) atoms. The highest BCUT2D eigenvalue weighted by Crippen LogP contribution is 2.25. The second-order valence-corrected chi connectivity index (χ2v) is 8.54. The molecule has 1 N–H and O–H groups in total. The maximum absolute atomic E-state index is 13.6. The van der Waals surface area contributed by atoms with E-state index >= 15 is 0 Å². The van der Waals surface area contributed by atoms with E-state index in [0.29, 0.717) is 16.3 Å². The number of hydrogen-bond donors (Lipinski definition) is 1. The van der Waals surface area contributed by atoms with Crippen LogP contribution < -0.4 is 10.1 Å². The number of rotatable bonds is 10. The van der Waals surface area contributed by atoms with Crippen molar-refractivity contribution in [1.82, 2.24) is 15.2 Å². The summed E-state index contributed by atoms with van der Waals surface area (Å²) in [5.41, 5.74) is 2.25. The highest BCUT2D eigenvalue weighted by molar-refractivity contribution is 6.30.